The second kappa shape index (κ2) is 9.31. The number of thiophene rings is 1. The van der Waals surface area contributed by atoms with Gasteiger partial charge in [-0.3, -0.25) is 4.79 Å². The number of hydrogen-bond donors (Lipinski definition) is 0. The van der Waals surface area contributed by atoms with Crippen LogP contribution in [0.2, 0.25) is 0 Å². The minimum atomic E-state index is -3.55. The topological polar surface area (TPSA) is 123 Å². The van der Waals surface area contributed by atoms with Crippen LogP contribution in [0, 0.1) is 0 Å². The average Bonchev–Trinajstić information content (AvgIpc) is 3.55. The first-order chi connectivity index (χ1) is 16.2. The van der Waals surface area contributed by atoms with Crippen LogP contribution in [-0.2, 0) is 16.4 Å². The number of rotatable bonds is 9. The Balaban J connectivity index is 1.63. The van der Waals surface area contributed by atoms with Crippen LogP contribution >= 0.6 is 11.3 Å². The third-order valence-corrected chi connectivity index (χ3v) is 7.27. The summed E-state index contributed by atoms with van der Waals surface area (Å²) in [7, 11) is -0.592. The Labute approximate surface area is 198 Å². The maximum absolute atomic E-state index is 12.8. The van der Waals surface area contributed by atoms with E-state index >= 15 is 0 Å². The molecule has 10 nitrogen and oxygen atoms in total. The van der Waals surface area contributed by atoms with Gasteiger partial charge in [-0.1, -0.05) is 0 Å². The van der Waals surface area contributed by atoms with Crippen molar-refractivity contribution >= 4 is 27.0 Å². The third-order valence-electron chi connectivity index (χ3n) is 5.05. The zero-order valence-electron chi connectivity index (χ0n) is 18.5. The highest BCUT2D eigenvalue weighted by Gasteiger charge is 2.25. The summed E-state index contributed by atoms with van der Waals surface area (Å²) in [6, 6.07) is 8.38. The molecule has 3 heterocycles. The predicted octanol–water partition coefficient (Wildman–Crippen LogP) is 3.05. The molecule has 0 saturated carbocycles. The molecule has 4 rings (SSSR count). The van der Waals surface area contributed by atoms with Gasteiger partial charge in [-0.15, -0.1) is 16.4 Å². The van der Waals surface area contributed by atoms with Crippen molar-refractivity contribution < 1.29 is 27.1 Å². The molecule has 0 N–H and O–H groups in total. The SMILES string of the molecule is COc1ccc(OC)c(C(=O)CCn2nc(-c3scc(S(C)(=O)=O)c3-n3cccc3)oc2=O)c1. The van der Waals surface area contributed by atoms with Gasteiger partial charge in [0, 0.05) is 30.5 Å². The molecule has 0 spiro atoms. The highest BCUT2D eigenvalue weighted by Crippen LogP contribution is 2.37. The molecule has 0 amide bonds. The van der Waals surface area contributed by atoms with Crippen molar-refractivity contribution in [1.82, 2.24) is 14.3 Å². The van der Waals surface area contributed by atoms with Crippen molar-refractivity contribution in [3.05, 3.63) is 64.2 Å². The number of ketones is 1. The fourth-order valence-electron chi connectivity index (χ4n) is 3.39. The summed E-state index contributed by atoms with van der Waals surface area (Å²) in [6.07, 6.45) is 4.45. The molecule has 0 aliphatic rings. The maximum atomic E-state index is 12.8. The van der Waals surface area contributed by atoms with Crippen molar-refractivity contribution in [3.8, 4) is 28.0 Å². The van der Waals surface area contributed by atoms with Crippen LogP contribution in [0.4, 0.5) is 0 Å². The summed E-state index contributed by atoms with van der Waals surface area (Å²) < 4.78 is 43.0. The van der Waals surface area contributed by atoms with Crippen LogP contribution in [0.5, 0.6) is 11.5 Å². The van der Waals surface area contributed by atoms with Gasteiger partial charge in [0.25, 0.3) is 5.89 Å². The van der Waals surface area contributed by atoms with E-state index in [0.717, 1.165) is 22.3 Å². The van der Waals surface area contributed by atoms with Crippen molar-refractivity contribution in [3.63, 3.8) is 0 Å². The Morgan fingerprint density at radius 1 is 1.18 bits per heavy atom. The van der Waals surface area contributed by atoms with Crippen LogP contribution in [0.3, 0.4) is 0 Å². The first-order valence-electron chi connectivity index (χ1n) is 10.0. The maximum Gasteiger partial charge on any atom is 0.437 e. The summed E-state index contributed by atoms with van der Waals surface area (Å²) in [4.78, 5) is 25.7. The number of benzene rings is 1. The first-order valence-corrected chi connectivity index (χ1v) is 12.8. The Morgan fingerprint density at radius 2 is 1.91 bits per heavy atom. The zero-order chi connectivity index (χ0) is 24.5. The van der Waals surface area contributed by atoms with Gasteiger partial charge >= 0.3 is 5.76 Å². The molecule has 3 aromatic heterocycles. The van der Waals surface area contributed by atoms with Gasteiger partial charge in [0.2, 0.25) is 0 Å². The Kier molecular flexibility index (Phi) is 6.44. The van der Waals surface area contributed by atoms with E-state index in [4.69, 9.17) is 13.9 Å². The van der Waals surface area contributed by atoms with E-state index in [1.807, 2.05) is 0 Å². The van der Waals surface area contributed by atoms with Crippen molar-refractivity contribution in [1.29, 1.82) is 0 Å². The van der Waals surface area contributed by atoms with E-state index in [1.54, 1.807) is 47.3 Å². The number of methoxy groups -OCH3 is 2. The average molecular weight is 504 g/mol. The number of carbonyl (C=O) groups is 1. The molecule has 0 aliphatic heterocycles. The van der Waals surface area contributed by atoms with E-state index in [-0.39, 0.29) is 29.5 Å². The second-order valence-corrected chi connectivity index (χ2v) is 10.1. The van der Waals surface area contributed by atoms with E-state index in [2.05, 4.69) is 5.10 Å². The summed E-state index contributed by atoms with van der Waals surface area (Å²) in [6.45, 7) is -0.0370. The molecule has 0 atom stereocenters. The van der Waals surface area contributed by atoms with Gasteiger partial charge in [-0.05, 0) is 30.3 Å². The molecular formula is C22H21N3O7S2. The Morgan fingerprint density at radius 3 is 2.56 bits per heavy atom. The number of sulfone groups is 1. The molecule has 0 unspecified atom stereocenters. The van der Waals surface area contributed by atoms with E-state index in [9.17, 15) is 18.0 Å². The quantitative estimate of drug-likeness (QED) is 0.319. The minimum Gasteiger partial charge on any atom is -0.497 e. The highest BCUT2D eigenvalue weighted by molar-refractivity contribution is 7.91. The number of aromatic nitrogens is 3. The normalized spacial score (nSPS) is 11.5. The van der Waals surface area contributed by atoms with Crippen LogP contribution in [-0.4, -0.2) is 49.0 Å². The van der Waals surface area contributed by atoms with E-state index < -0.39 is 15.6 Å². The molecule has 0 aliphatic carbocycles. The van der Waals surface area contributed by atoms with Crippen LogP contribution in [0.25, 0.3) is 16.5 Å². The van der Waals surface area contributed by atoms with Gasteiger partial charge in [-0.25, -0.2) is 13.2 Å². The van der Waals surface area contributed by atoms with Gasteiger partial charge in [0.05, 0.1) is 32.0 Å². The highest BCUT2D eigenvalue weighted by atomic mass is 32.2. The molecule has 0 radical (unpaired) electrons. The number of aryl methyl sites for hydroxylation is 1. The molecule has 1 aromatic carbocycles. The lowest BCUT2D eigenvalue weighted by Crippen LogP contribution is -2.18. The fraction of sp³-hybridized carbons (Fsp3) is 0.227. The zero-order valence-corrected chi connectivity index (χ0v) is 20.2. The summed E-state index contributed by atoms with van der Waals surface area (Å²) in [5.74, 6) is -0.159. The molecule has 4 aromatic rings. The Bertz CT molecular complexity index is 1500. The molecule has 34 heavy (non-hydrogen) atoms. The van der Waals surface area contributed by atoms with Crippen molar-refractivity contribution in [2.24, 2.45) is 0 Å². The molecule has 0 saturated heterocycles. The van der Waals surface area contributed by atoms with Crippen LogP contribution in [0.1, 0.15) is 16.8 Å². The van der Waals surface area contributed by atoms with E-state index in [1.165, 1.54) is 19.6 Å². The minimum absolute atomic E-state index is 0.0278. The molecule has 0 bridgehead atoms. The lowest BCUT2D eigenvalue weighted by molar-refractivity contribution is 0.0971. The number of carbonyl (C=O) groups excluding carboxylic acids is 1. The van der Waals surface area contributed by atoms with Crippen LogP contribution in [0.15, 0.2) is 62.2 Å². The lowest BCUT2D eigenvalue weighted by Gasteiger charge is -2.09. The number of nitrogens with zero attached hydrogens (tertiary/aromatic N) is 3. The van der Waals surface area contributed by atoms with Gasteiger partial charge in [-0.2, -0.15) is 4.68 Å². The standard InChI is InChI=1S/C22H21N3O7S2/c1-30-14-6-7-17(31-2)15(12-14)16(26)8-11-25-22(27)32-21(23-25)20-19(24-9-4-5-10-24)18(13-33-20)34(3,28)29/h4-7,9-10,12-13H,8,11H2,1-3H3. The van der Waals surface area contributed by atoms with Gasteiger partial charge in [0.1, 0.15) is 21.3 Å². The molecule has 178 valence electrons. The smallest absolute Gasteiger partial charge is 0.437 e. The number of ether oxygens (including phenoxy) is 2. The van der Waals surface area contributed by atoms with Crippen molar-refractivity contribution in [2.75, 3.05) is 20.5 Å². The second-order valence-electron chi connectivity index (χ2n) is 7.28. The molecule has 0 fully saturated rings. The van der Waals surface area contributed by atoms with Crippen molar-refractivity contribution in [2.45, 2.75) is 17.9 Å². The summed E-state index contributed by atoms with van der Waals surface area (Å²) in [5.41, 5.74) is 0.674. The number of Topliss-reactive ketones (excluding diaryl/α,β-unsaturated/α-hetero) is 1. The summed E-state index contributed by atoms with van der Waals surface area (Å²) in [5, 5.41) is 5.70. The summed E-state index contributed by atoms with van der Waals surface area (Å²) >= 11 is 1.10. The molecule has 12 heteroatoms. The first kappa shape index (κ1) is 23.5. The van der Waals surface area contributed by atoms with Crippen LogP contribution < -0.4 is 15.2 Å². The van der Waals surface area contributed by atoms with E-state index in [0.29, 0.717) is 27.6 Å². The predicted molar refractivity (Wildman–Crippen MR) is 125 cm³/mol. The Hall–Kier alpha value is -3.64. The van der Waals surface area contributed by atoms with Gasteiger partial charge < -0.3 is 18.5 Å². The monoisotopic (exact) mass is 503 g/mol. The fourth-order valence-corrected chi connectivity index (χ4v) is 5.71. The van der Waals surface area contributed by atoms with Gasteiger partial charge in [0.15, 0.2) is 15.6 Å². The number of hydrogen-bond acceptors (Lipinski definition) is 9. The largest absolute Gasteiger partial charge is 0.497 e. The third kappa shape index (κ3) is 4.54. The lowest BCUT2D eigenvalue weighted by atomic mass is 10.1. The molecular weight excluding hydrogens is 482 g/mol.